The number of nitrogens with zero attached hydrogens (tertiary/aromatic N) is 4. The van der Waals surface area contributed by atoms with Gasteiger partial charge < -0.3 is 9.30 Å². The highest BCUT2D eigenvalue weighted by Gasteiger charge is 2.28. The highest BCUT2D eigenvalue weighted by atomic mass is 32.1. The smallest absolute Gasteiger partial charge is 0.297 e. The Balaban J connectivity index is 1.51. The van der Waals surface area contributed by atoms with Crippen molar-refractivity contribution in [3.8, 4) is 11.4 Å². The molecule has 1 aliphatic carbocycles. The fourth-order valence-electron chi connectivity index (χ4n) is 3.30. The van der Waals surface area contributed by atoms with Crippen LogP contribution >= 0.6 is 11.3 Å². The van der Waals surface area contributed by atoms with E-state index in [0.29, 0.717) is 18.3 Å². The molecule has 1 aromatic carbocycles. The van der Waals surface area contributed by atoms with Crippen LogP contribution in [0.2, 0.25) is 0 Å². The van der Waals surface area contributed by atoms with Crippen LogP contribution in [0, 0.1) is 0 Å². The molecule has 1 aliphatic rings. The van der Waals surface area contributed by atoms with Crippen LogP contribution in [-0.4, -0.2) is 19.1 Å². The number of aryl methyl sites for hydroxylation is 1. The van der Waals surface area contributed by atoms with Crippen LogP contribution < -0.4 is 10.3 Å². The maximum absolute atomic E-state index is 12.9. The van der Waals surface area contributed by atoms with E-state index in [1.165, 1.54) is 24.2 Å². The van der Waals surface area contributed by atoms with Gasteiger partial charge in [0, 0.05) is 30.7 Å². The van der Waals surface area contributed by atoms with Gasteiger partial charge in [-0.2, -0.15) is 0 Å². The van der Waals surface area contributed by atoms with Crippen LogP contribution in [0.1, 0.15) is 29.6 Å². The van der Waals surface area contributed by atoms with Gasteiger partial charge >= 0.3 is 0 Å². The molecule has 3 aromatic heterocycles. The largest absolute Gasteiger partial charge is 0.481 e. The normalized spacial score (nSPS) is 14.0. The first-order valence-corrected chi connectivity index (χ1v) is 9.78. The first kappa shape index (κ1) is 16.3. The summed E-state index contributed by atoms with van der Waals surface area (Å²) in [6, 6.07) is 9.44. The minimum absolute atomic E-state index is 0.182. The van der Waals surface area contributed by atoms with Crippen molar-refractivity contribution in [1.29, 1.82) is 0 Å². The van der Waals surface area contributed by atoms with Crippen LogP contribution in [0.15, 0.2) is 52.9 Å². The average molecular weight is 378 g/mol. The Hall–Kier alpha value is -2.93. The standard InChI is InChI=1S/C20H18N4O2S/c1-23-16-11-14(6-7-15(16)22-19(23)13-4-5-13)24-9-2-3-17(20(24)25)26-12-18-21-8-10-27-18/h2-3,6-11,13H,4-5,12H2,1H3. The highest BCUT2D eigenvalue weighted by molar-refractivity contribution is 7.09. The zero-order valence-electron chi connectivity index (χ0n) is 14.8. The van der Waals surface area contributed by atoms with E-state index < -0.39 is 0 Å². The molecule has 1 saturated carbocycles. The molecule has 0 saturated heterocycles. The van der Waals surface area contributed by atoms with E-state index >= 15 is 0 Å². The second kappa shape index (κ2) is 6.35. The topological polar surface area (TPSA) is 61.9 Å². The van der Waals surface area contributed by atoms with Gasteiger partial charge in [-0.3, -0.25) is 9.36 Å². The lowest BCUT2D eigenvalue weighted by Gasteiger charge is -2.09. The van der Waals surface area contributed by atoms with Gasteiger partial charge in [0.1, 0.15) is 17.4 Å². The van der Waals surface area contributed by atoms with Crippen molar-refractivity contribution < 1.29 is 4.74 Å². The number of benzene rings is 1. The van der Waals surface area contributed by atoms with Crippen LogP contribution in [0.3, 0.4) is 0 Å². The van der Waals surface area contributed by atoms with Crippen molar-refractivity contribution in [3.05, 3.63) is 69.3 Å². The summed E-state index contributed by atoms with van der Waals surface area (Å²) in [6.07, 6.45) is 5.91. The summed E-state index contributed by atoms with van der Waals surface area (Å²) in [7, 11) is 2.04. The van der Waals surface area contributed by atoms with E-state index in [9.17, 15) is 4.79 Å². The Labute approximate surface area is 159 Å². The Kier molecular flexibility index (Phi) is 3.82. The summed E-state index contributed by atoms with van der Waals surface area (Å²) in [5.41, 5.74) is 2.62. The maximum Gasteiger partial charge on any atom is 0.297 e. The summed E-state index contributed by atoms with van der Waals surface area (Å²) in [5.74, 6) is 2.03. The molecule has 0 aliphatic heterocycles. The molecule has 5 rings (SSSR count). The predicted octanol–water partition coefficient (Wildman–Crippen LogP) is 3.64. The van der Waals surface area contributed by atoms with E-state index in [0.717, 1.165) is 27.6 Å². The molecule has 136 valence electrons. The van der Waals surface area contributed by atoms with Gasteiger partial charge in [-0.15, -0.1) is 11.3 Å². The number of hydrogen-bond donors (Lipinski definition) is 0. The summed E-state index contributed by atoms with van der Waals surface area (Å²) in [5, 5.41) is 2.73. The average Bonchev–Trinajstić information content (AvgIpc) is 3.29. The van der Waals surface area contributed by atoms with Gasteiger partial charge in [0.25, 0.3) is 5.56 Å². The van der Waals surface area contributed by atoms with Gasteiger partial charge in [0.05, 0.1) is 16.7 Å². The molecule has 7 heteroatoms. The molecule has 0 amide bonds. The fraction of sp³-hybridized carbons (Fsp3) is 0.250. The van der Waals surface area contributed by atoms with Crippen LogP contribution in [0.5, 0.6) is 5.75 Å². The summed E-state index contributed by atoms with van der Waals surface area (Å²) in [4.78, 5) is 21.8. The van der Waals surface area contributed by atoms with E-state index in [2.05, 4.69) is 9.55 Å². The maximum atomic E-state index is 12.9. The van der Waals surface area contributed by atoms with Crippen LogP contribution in [0.25, 0.3) is 16.7 Å². The molecule has 3 heterocycles. The minimum Gasteiger partial charge on any atom is -0.481 e. The summed E-state index contributed by atoms with van der Waals surface area (Å²) < 4.78 is 9.45. The van der Waals surface area contributed by atoms with Crippen molar-refractivity contribution >= 4 is 22.4 Å². The molecule has 0 spiro atoms. The van der Waals surface area contributed by atoms with Crippen molar-refractivity contribution in [2.75, 3.05) is 0 Å². The van der Waals surface area contributed by atoms with Crippen molar-refractivity contribution in [1.82, 2.24) is 19.1 Å². The predicted molar refractivity (Wildman–Crippen MR) is 105 cm³/mol. The minimum atomic E-state index is -0.182. The number of pyridine rings is 1. The molecular formula is C20H18N4O2S. The van der Waals surface area contributed by atoms with Gasteiger partial charge in [0.15, 0.2) is 5.75 Å². The van der Waals surface area contributed by atoms with Crippen LogP contribution in [0.4, 0.5) is 0 Å². The lowest BCUT2D eigenvalue weighted by Crippen LogP contribution is -2.19. The second-order valence-corrected chi connectivity index (χ2v) is 7.72. The highest BCUT2D eigenvalue weighted by Crippen LogP contribution is 2.40. The van der Waals surface area contributed by atoms with Crippen LogP contribution in [-0.2, 0) is 13.7 Å². The Morgan fingerprint density at radius 3 is 2.96 bits per heavy atom. The first-order chi connectivity index (χ1) is 13.2. The molecule has 0 unspecified atom stereocenters. The zero-order chi connectivity index (χ0) is 18.4. The number of hydrogen-bond acceptors (Lipinski definition) is 5. The molecule has 0 N–H and O–H groups in total. The fourth-order valence-corrected chi connectivity index (χ4v) is 3.83. The molecule has 1 fully saturated rings. The first-order valence-electron chi connectivity index (χ1n) is 8.90. The molecule has 4 aromatic rings. The van der Waals surface area contributed by atoms with Gasteiger partial charge in [0.2, 0.25) is 0 Å². The Morgan fingerprint density at radius 2 is 2.19 bits per heavy atom. The van der Waals surface area contributed by atoms with E-state index in [-0.39, 0.29) is 5.56 Å². The number of rotatable bonds is 5. The molecule has 0 radical (unpaired) electrons. The number of ether oxygens (including phenoxy) is 1. The summed E-state index contributed by atoms with van der Waals surface area (Å²) >= 11 is 1.51. The SMILES string of the molecule is Cn1c(C2CC2)nc2ccc(-n3cccc(OCc4nccs4)c3=O)cc21. The lowest BCUT2D eigenvalue weighted by molar-refractivity contribution is 0.300. The molecule has 6 nitrogen and oxygen atoms in total. The van der Waals surface area contributed by atoms with Crippen molar-refractivity contribution in [3.63, 3.8) is 0 Å². The van der Waals surface area contributed by atoms with Gasteiger partial charge in [-0.25, -0.2) is 9.97 Å². The third kappa shape index (κ3) is 2.94. The summed E-state index contributed by atoms with van der Waals surface area (Å²) in [6.45, 7) is 0.294. The number of thiazole rings is 1. The molecule has 27 heavy (non-hydrogen) atoms. The monoisotopic (exact) mass is 378 g/mol. The number of imidazole rings is 1. The van der Waals surface area contributed by atoms with Crippen molar-refractivity contribution in [2.24, 2.45) is 7.05 Å². The third-order valence-electron chi connectivity index (χ3n) is 4.87. The Morgan fingerprint density at radius 1 is 1.30 bits per heavy atom. The van der Waals surface area contributed by atoms with E-state index in [1.807, 2.05) is 36.7 Å². The third-order valence-corrected chi connectivity index (χ3v) is 5.62. The van der Waals surface area contributed by atoms with E-state index in [4.69, 9.17) is 9.72 Å². The molecule has 0 bridgehead atoms. The Bertz CT molecular complexity index is 1170. The number of aromatic nitrogens is 4. The van der Waals surface area contributed by atoms with E-state index in [1.54, 1.807) is 23.0 Å². The quantitative estimate of drug-likeness (QED) is 0.532. The number of fused-ring (bicyclic) bond motifs is 1. The van der Waals surface area contributed by atoms with Gasteiger partial charge in [-0.1, -0.05) is 0 Å². The second-order valence-electron chi connectivity index (χ2n) is 6.74. The molecular weight excluding hydrogens is 360 g/mol. The van der Waals surface area contributed by atoms with Gasteiger partial charge in [-0.05, 0) is 43.2 Å². The molecule has 0 atom stereocenters. The lowest BCUT2D eigenvalue weighted by atomic mass is 10.2. The van der Waals surface area contributed by atoms with Crippen molar-refractivity contribution in [2.45, 2.75) is 25.4 Å². The zero-order valence-corrected chi connectivity index (χ0v) is 15.6.